The van der Waals surface area contributed by atoms with Crippen LogP contribution in [0.3, 0.4) is 0 Å². The number of ether oxygens (including phenoxy) is 1. The van der Waals surface area contributed by atoms with Crippen molar-refractivity contribution >= 4 is 16.9 Å². The number of rotatable bonds is 1. The van der Waals surface area contributed by atoms with Crippen LogP contribution < -0.4 is 0 Å². The van der Waals surface area contributed by atoms with E-state index in [-0.39, 0.29) is 12.1 Å². The van der Waals surface area contributed by atoms with Crippen molar-refractivity contribution in [2.24, 2.45) is 0 Å². The molecule has 1 atom stereocenters. The highest BCUT2D eigenvalue weighted by Crippen LogP contribution is 2.30. The van der Waals surface area contributed by atoms with Crippen molar-refractivity contribution in [1.29, 1.82) is 0 Å². The molecule has 0 spiro atoms. The zero-order valence-corrected chi connectivity index (χ0v) is 9.17. The molecule has 0 amide bonds. The molecular formula is C14H11NO2. The largest absolute Gasteiger partial charge is 0.454 e. The van der Waals surface area contributed by atoms with E-state index in [9.17, 15) is 4.79 Å². The molecule has 0 fully saturated rings. The van der Waals surface area contributed by atoms with Crippen molar-refractivity contribution in [3.05, 3.63) is 54.2 Å². The first-order valence-electron chi connectivity index (χ1n) is 5.55. The Morgan fingerprint density at radius 2 is 2.12 bits per heavy atom. The number of carbonyl (C=O) groups excluding carboxylic acids is 1. The monoisotopic (exact) mass is 225 g/mol. The van der Waals surface area contributed by atoms with E-state index in [1.807, 2.05) is 36.4 Å². The first-order chi connectivity index (χ1) is 8.34. The molecule has 1 aromatic heterocycles. The first kappa shape index (κ1) is 10.0. The summed E-state index contributed by atoms with van der Waals surface area (Å²) in [4.78, 5) is 15.6. The molecule has 0 unspecified atom stereocenters. The van der Waals surface area contributed by atoms with Gasteiger partial charge >= 0.3 is 5.97 Å². The molecule has 84 valence electrons. The Kier molecular flexibility index (Phi) is 2.37. The smallest absolute Gasteiger partial charge is 0.331 e. The third kappa shape index (κ3) is 1.80. The molecular weight excluding hydrogens is 214 g/mol. The Labute approximate surface area is 98.7 Å². The van der Waals surface area contributed by atoms with E-state index in [1.165, 1.54) is 6.08 Å². The van der Waals surface area contributed by atoms with Gasteiger partial charge in [-0.2, -0.15) is 0 Å². The molecule has 3 nitrogen and oxygen atoms in total. The van der Waals surface area contributed by atoms with Crippen LogP contribution in [0.5, 0.6) is 0 Å². The minimum Gasteiger partial charge on any atom is -0.454 e. The summed E-state index contributed by atoms with van der Waals surface area (Å²) in [5.41, 5.74) is 1.95. The van der Waals surface area contributed by atoms with E-state index in [4.69, 9.17) is 4.74 Å². The fourth-order valence-electron chi connectivity index (χ4n) is 2.10. The summed E-state index contributed by atoms with van der Waals surface area (Å²) < 4.78 is 5.33. The third-order valence-electron chi connectivity index (χ3n) is 2.89. The standard InChI is InChI=1S/C14H11NO2/c16-14-7-3-6-13(17-14)11-8-9-15-12-5-2-1-4-10(11)12/h1-5,7-9,13H,6H2/t13-/m0/s1. The van der Waals surface area contributed by atoms with Gasteiger partial charge in [-0.05, 0) is 12.1 Å². The number of hydrogen-bond acceptors (Lipinski definition) is 3. The molecule has 0 aliphatic carbocycles. The number of benzene rings is 1. The SMILES string of the molecule is O=C1C=CC[C@@H](c2ccnc3ccccc23)O1. The van der Waals surface area contributed by atoms with Crippen molar-refractivity contribution in [3.8, 4) is 0 Å². The zero-order valence-electron chi connectivity index (χ0n) is 9.17. The van der Waals surface area contributed by atoms with Crippen molar-refractivity contribution in [3.63, 3.8) is 0 Å². The number of pyridine rings is 1. The molecule has 1 aliphatic rings. The van der Waals surface area contributed by atoms with Gasteiger partial charge in [-0.15, -0.1) is 0 Å². The fourth-order valence-corrected chi connectivity index (χ4v) is 2.10. The molecule has 1 aliphatic heterocycles. The van der Waals surface area contributed by atoms with Gasteiger partial charge in [-0.25, -0.2) is 4.79 Å². The number of cyclic esters (lactones) is 1. The second kappa shape index (κ2) is 4.01. The number of nitrogens with zero attached hydrogens (tertiary/aromatic N) is 1. The third-order valence-corrected chi connectivity index (χ3v) is 2.89. The van der Waals surface area contributed by atoms with Gasteiger partial charge in [0.15, 0.2) is 0 Å². The van der Waals surface area contributed by atoms with Crippen LogP contribution >= 0.6 is 0 Å². The van der Waals surface area contributed by atoms with Gasteiger partial charge in [0.25, 0.3) is 0 Å². The second-order valence-electron chi connectivity index (χ2n) is 3.98. The lowest BCUT2D eigenvalue weighted by molar-refractivity contribution is -0.144. The molecule has 3 rings (SSSR count). The number of aromatic nitrogens is 1. The Bertz CT molecular complexity index is 599. The van der Waals surface area contributed by atoms with Gasteiger partial charge < -0.3 is 4.74 Å². The van der Waals surface area contributed by atoms with E-state index in [2.05, 4.69) is 4.98 Å². The molecule has 0 bridgehead atoms. The minimum atomic E-state index is -0.276. The maximum absolute atomic E-state index is 11.3. The molecule has 17 heavy (non-hydrogen) atoms. The van der Waals surface area contributed by atoms with Gasteiger partial charge in [-0.1, -0.05) is 24.3 Å². The van der Waals surface area contributed by atoms with Crippen LogP contribution in [0.4, 0.5) is 0 Å². The highest BCUT2D eigenvalue weighted by Gasteiger charge is 2.19. The van der Waals surface area contributed by atoms with Crippen LogP contribution in [0, 0.1) is 0 Å². The molecule has 3 heteroatoms. The normalized spacial score (nSPS) is 19.3. The summed E-state index contributed by atoms with van der Waals surface area (Å²) in [5.74, 6) is -0.276. The number of hydrogen-bond donors (Lipinski definition) is 0. The van der Waals surface area contributed by atoms with Crippen LogP contribution in [-0.4, -0.2) is 11.0 Å². The quantitative estimate of drug-likeness (QED) is 0.700. The lowest BCUT2D eigenvalue weighted by Gasteiger charge is -2.20. The van der Waals surface area contributed by atoms with Gasteiger partial charge in [0.05, 0.1) is 5.52 Å². The van der Waals surface area contributed by atoms with Gasteiger partial charge in [0, 0.05) is 29.6 Å². The summed E-state index contributed by atoms with van der Waals surface area (Å²) in [6, 6.07) is 9.79. The summed E-state index contributed by atoms with van der Waals surface area (Å²) in [5, 5.41) is 1.04. The van der Waals surface area contributed by atoms with E-state index >= 15 is 0 Å². The minimum absolute atomic E-state index is 0.194. The van der Waals surface area contributed by atoms with Crippen molar-refractivity contribution < 1.29 is 9.53 Å². The molecule has 0 saturated heterocycles. The summed E-state index contributed by atoms with van der Waals surface area (Å²) in [7, 11) is 0. The first-order valence-corrected chi connectivity index (χ1v) is 5.55. The van der Waals surface area contributed by atoms with E-state index < -0.39 is 0 Å². The second-order valence-corrected chi connectivity index (χ2v) is 3.98. The Hall–Kier alpha value is -2.16. The zero-order chi connectivity index (χ0) is 11.7. The molecule has 2 aromatic rings. The maximum atomic E-state index is 11.3. The van der Waals surface area contributed by atoms with E-state index in [1.54, 1.807) is 6.20 Å². The van der Waals surface area contributed by atoms with Gasteiger partial charge in [-0.3, -0.25) is 4.98 Å². The van der Waals surface area contributed by atoms with Crippen molar-refractivity contribution in [1.82, 2.24) is 4.98 Å². The van der Waals surface area contributed by atoms with Crippen LogP contribution in [0.15, 0.2) is 48.7 Å². The van der Waals surface area contributed by atoms with Crippen molar-refractivity contribution in [2.45, 2.75) is 12.5 Å². The molecule has 2 heterocycles. The van der Waals surface area contributed by atoms with Crippen LogP contribution in [0.1, 0.15) is 18.1 Å². The number of carbonyl (C=O) groups is 1. The molecule has 0 radical (unpaired) electrons. The highest BCUT2D eigenvalue weighted by molar-refractivity contribution is 5.85. The number of fused-ring (bicyclic) bond motifs is 1. The van der Waals surface area contributed by atoms with E-state index in [0.717, 1.165) is 22.9 Å². The van der Waals surface area contributed by atoms with Gasteiger partial charge in [0.2, 0.25) is 0 Å². The van der Waals surface area contributed by atoms with E-state index in [0.29, 0.717) is 0 Å². The lowest BCUT2D eigenvalue weighted by Crippen LogP contribution is -2.13. The molecule has 0 N–H and O–H groups in total. The van der Waals surface area contributed by atoms with Crippen molar-refractivity contribution in [2.75, 3.05) is 0 Å². The predicted octanol–water partition coefficient (Wildman–Crippen LogP) is 2.78. The van der Waals surface area contributed by atoms with Crippen LogP contribution in [0.2, 0.25) is 0 Å². The number of esters is 1. The summed E-state index contributed by atoms with van der Waals surface area (Å²) in [6.45, 7) is 0. The maximum Gasteiger partial charge on any atom is 0.331 e. The summed E-state index contributed by atoms with van der Waals surface area (Å²) >= 11 is 0. The van der Waals surface area contributed by atoms with Gasteiger partial charge in [0.1, 0.15) is 6.10 Å². The number of para-hydroxylation sites is 1. The summed E-state index contributed by atoms with van der Waals surface area (Å²) in [6.07, 6.45) is 5.61. The Morgan fingerprint density at radius 1 is 1.24 bits per heavy atom. The Morgan fingerprint density at radius 3 is 3.00 bits per heavy atom. The lowest BCUT2D eigenvalue weighted by atomic mass is 10.0. The molecule has 0 saturated carbocycles. The average Bonchev–Trinajstić information content (AvgIpc) is 2.38. The predicted molar refractivity (Wildman–Crippen MR) is 64.3 cm³/mol. The molecule has 1 aromatic carbocycles. The topological polar surface area (TPSA) is 39.2 Å². The Balaban J connectivity index is 2.11. The van der Waals surface area contributed by atoms with Crippen LogP contribution in [0.25, 0.3) is 10.9 Å². The average molecular weight is 225 g/mol. The van der Waals surface area contributed by atoms with Crippen LogP contribution in [-0.2, 0) is 9.53 Å². The highest BCUT2D eigenvalue weighted by atomic mass is 16.5. The fraction of sp³-hybridized carbons (Fsp3) is 0.143.